The highest BCUT2D eigenvalue weighted by Gasteiger charge is 2.25. The van der Waals surface area contributed by atoms with Gasteiger partial charge in [-0.25, -0.2) is 4.98 Å². The number of fused-ring (bicyclic) bond motifs is 1. The van der Waals surface area contributed by atoms with Gasteiger partial charge in [-0.15, -0.1) is 11.3 Å². The van der Waals surface area contributed by atoms with Gasteiger partial charge in [0.15, 0.2) is 5.16 Å². The Labute approximate surface area is 192 Å². The largest absolute Gasteiger partial charge is 0.376 e. The number of amides is 1. The van der Waals surface area contributed by atoms with Gasteiger partial charge >= 0.3 is 0 Å². The molecule has 170 valence electrons. The van der Waals surface area contributed by atoms with Gasteiger partial charge in [0.2, 0.25) is 5.91 Å². The van der Waals surface area contributed by atoms with Crippen molar-refractivity contribution < 1.29 is 9.53 Å². The molecule has 2 fully saturated rings. The summed E-state index contributed by atoms with van der Waals surface area (Å²) < 4.78 is 7.56. The minimum atomic E-state index is 0.00510. The molecule has 2 aliphatic rings. The fraction of sp³-hybridized carbons (Fsp3) is 0.696. The maximum Gasteiger partial charge on any atom is 0.263 e. The van der Waals surface area contributed by atoms with Crippen LogP contribution in [0.5, 0.6) is 0 Å². The summed E-state index contributed by atoms with van der Waals surface area (Å²) in [7, 11) is 0. The minimum Gasteiger partial charge on any atom is -0.376 e. The molecule has 1 aliphatic heterocycles. The Morgan fingerprint density at radius 1 is 1.29 bits per heavy atom. The zero-order valence-corrected chi connectivity index (χ0v) is 20.4. The maximum absolute atomic E-state index is 13.5. The molecule has 2 aromatic rings. The number of nitrogens with one attached hydrogen (secondary N) is 1. The number of nitrogens with zero attached hydrogens (tertiary/aromatic N) is 2. The van der Waals surface area contributed by atoms with Crippen molar-refractivity contribution in [1.29, 1.82) is 0 Å². The van der Waals surface area contributed by atoms with Crippen molar-refractivity contribution in [1.82, 2.24) is 14.9 Å². The molecule has 0 spiro atoms. The molecule has 4 rings (SSSR count). The summed E-state index contributed by atoms with van der Waals surface area (Å²) in [5, 5.41) is 4.58. The van der Waals surface area contributed by atoms with Gasteiger partial charge in [-0.3, -0.25) is 14.2 Å². The Morgan fingerprint density at radius 3 is 2.81 bits per heavy atom. The van der Waals surface area contributed by atoms with Crippen molar-refractivity contribution in [2.75, 3.05) is 12.4 Å². The van der Waals surface area contributed by atoms with Crippen molar-refractivity contribution in [3.63, 3.8) is 0 Å². The van der Waals surface area contributed by atoms with E-state index in [1.54, 1.807) is 15.9 Å². The Hall–Kier alpha value is -1.38. The predicted octanol–water partition coefficient (Wildman–Crippen LogP) is 4.29. The number of hydrogen-bond acceptors (Lipinski definition) is 6. The lowest BCUT2D eigenvalue weighted by molar-refractivity contribution is -0.119. The molecule has 3 heterocycles. The molecule has 1 amide bonds. The third-order valence-electron chi connectivity index (χ3n) is 6.63. The van der Waals surface area contributed by atoms with Crippen molar-refractivity contribution in [3.05, 3.63) is 20.8 Å². The SMILES string of the molecule is CCc1c(C)sc2nc(SCC(=O)NC3CCCCC3C)n(CC3CCCO3)c(=O)c12. The second-order valence-corrected chi connectivity index (χ2v) is 11.0. The lowest BCUT2D eigenvalue weighted by atomic mass is 9.86. The quantitative estimate of drug-likeness (QED) is 0.490. The Kier molecular flexibility index (Phi) is 7.39. The van der Waals surface area contributed by atoms with E-state index in [0.29, 0.717) is 17.6 Å². The first-order chi connectivity index (χ1) is 15.0. The Morgan fingerprint density at radius 2 is 2.10 bits per heavy atom. The van der Waals surface area contributed by atoms with Crippen LogP contribution in [0.3, 0.4) is 0 Å². The lowest BCUT2D eigenvalue weighted by Gasteiger charge is -2.29. The molecular formula is C23H33N3O3S2. The van der Waals surface area contributed by atoms with Crippen LogP contribution in [0.25, 0.3) is 10.2 Å². The van der Waals surface area contributed by atoms with Crippen molar-refractivity contribution in [2.24, 2.45) is 5.92 Å². The van der Waals surface area contributed by atoms with Crippen LogP contribution in [-0.2, 0) is 22.5 Å². The van der Waals surface area contributed by atoms with Crippen molar-refractivity contribution in [2.45, 2.75) is 89.6 Å². The number of rotatable bonds is 7. The van der Waals surface area contributed by atoms with E-state index in [9.17, 15) is 9.59 Å². The highest BCUT2D eigenvalue weighted by atomic mass is 32.2. The smallest absolute Gasteiger partial charge is 0.263 e. The van der Waals surface area contributed by atoms with Gasteiger partial charge in [-0.2, -0.15) is 0 Å². The van der Waals surface area contributed by atoms with Gasteiger partial charge < -0.3 is 10.1 Å². The molecule has 3 unspecified atom stereocenters. The number of aromatic nitrogens is 2. The summed E-state index contributed by atoms with van der Waals surface area (Å²) in [6, 6.07) is 0.262. The molecule has 6 nitrogen and oxygen atoms in total. The van der Waals surface area contributed by atoms with Gasteiger partial charge in [-0.05, 0) is 50.5 Å². The Bertz CT molecular complexity index is 994. The van der Waals surface area contributed by atoms with E-state index < -0.39 is 0 Å². The van der Waals surface area contributed by atoms with Crippen LogP contribution in [0.4, 0.5) is 0 Å². The summed E-state index contributed by atoms with van der Waals surface area (Å²) >= 11 is 2.95. The molecule has 3 atom stereocenters. The molecule has 1 saturated carbocycles. The number of carbonyl (C=O) groups excluding carboxylic acids is 1. The highest BCUT2D eigenvalue weighted by molar-refractivity contribution is 7.99. The minimum absolute atomic E-state index is 0.00510. The first-order valence-electron chi connectivity index (χ1n) is 11.5. The standard InChI is InChI=1S/C23H33N3O3S2/c1-4-17-15(3)31-21-20(17)22(28)26(12-16-9-7-11-29-16)23(25-21)30-13-19(27)24-18-10-6-5-8-14(18)2/h14,16,18H,4-13H2,1-3H3,(H,24,27). The van der Waals surface area contributed by atoms with Crippen LogP contribution >= 0.6 is 23.1 Å². The predicted molar refractivity (Wildman–Crippen MR) is 127 cm³/mol. The molecule has 1 saturated heterocycles. The zero-order valence-electron chi connectivity index (χ0n) is 18.7. The van der Waals surface area contributed by atoms with Crippen molar-refractivity contribution in [3.8, 4) is 0 Å². The second-order valence-electron chi connectivity index (χ2n) is 8.84. The number of hydrogen-bond donors (Lipinski definition) is 1. The van der Waals surface area contributed by atoms with E-state index in [2.05, 4.69) is 26.1 Å². The van der Waals surface area contributed by atoms with E-state index in [0.717, 1.165) is 52.9 Å². The van der Waals surface area contributed by atoms with Gasteiger partial charge in [0.25, 0.3) is 5.56 Å². The monoisotopic (exact) mass is 463 g/mol. The first kappa shape index (κ1) is 22.8. The first-order valence-corrected chi connectivity index (χ1v) is 13.3. The van der Waals surface area contributed by atoms with E-state index in [1.165, 1.54) is 31.0 Å². The topological polar surface area (TPSA) is 73.2 Å². The molecular weight excluding hydrogens is 430 g/mol. The number of carbonyl (C=O) groups is 1. The van der Waals surface area contributed by atoms with E-state index in [-0.39, 0.29) is 29.4 Å². The van der Waals surface area contributed by atoms with E-state index in [1.807, 2.05) is 0 Å². The number of ether oxygens (including phenoxy) is 1. The van der Waals surface area contributed by atoms with Crippen LogP contribution in [0.1, 0.15) is 62.8 Å². The summed E-state index contributed by atoms with van der Waals surface area (Å²) in [4.78, 5) is 32.9. The van der Waals surface area contributed by atoms with Crippen LogP contribution in [-0.4, -0.2) is 40.0 Å². The average Bonchev–Trinajstić information content (AvgIpc) is 3.37. The van der Waals surface area contributed by atoms with Crippen LogP contribution < -0.4 is 10.9 Å². The maximum atomic E-state index is 13.5. The zero-order chi connectivity index (χ0) is 22.0. The second kappa shape index (κ2) is 10.0. The molecule has 31 heavy (non-hydrogen) atoms. The average molecular weight is 464 g/mol. The van der Waals surface area contributed by atoms with Crippen molar-refractivity contribution >= 4 is 39.2 Å². The third kappa shape index (κ3) is 5.01. The number of aryl methyl sites for hydroxylation is 2. The molecule has 0 bridgehead atoms. The van der Waals surface area contributed by atoms with E-state index >= 15 is 0 Å². The van der Waals surface area contributed by atoms with Gasteiger partial charge in [-0.1, -0.05) is 38.5 Å². The van der Waals surface area contributed by atoms with Crippen LogP contribution in [0.15, 0.2) is 9.95 Å². The highest BCUT2D eigenvalue weighted by Crippen LogP contribution is 2.30. The fourth-order valence-electron chi connectivity index (χ4n) is 4.83. The summed E-state index contributed by atoms with van der Waals surface area (Å²) in [6.45, 7) is 7.61. The summed E-state index contributed by atoms with van der Waals surface area (Å²) in [5.41, 5.74) is 1.10. The van der Waals surface area contributed by atoms with Gasteiger partial charge in [0.1, 0.15) is 4.83 Å². The molecule has 1 N–H and O–H groups in total. The number of thioether (sulfide) groups is 1. The van der Waals surface area contributed by atoms with Crippen LogP contribution in [0, 0.1) is 12.8 Å². The molecule has 0 aromatic carbocycles. The van der Waals surface area contributed by atoms with E-state index in [4.69, 9.17) is 9.72 Å². The molecule has 1 aliphatic carbocycles. The molecule has 0 radical (unpaired) electrons. The van der Waals surface area contributed by atoms with Gasteiger partial charge in [0.05, 0.1) is 23.8 Å². The normalized spacial score (nSPS) is 24.0. The molecule has 2 aromatic heterocycles. The fourth-order valence-corrected chi connectivity index (χ4v) is 6.80. The third-order valence-corrected chi connectivity index (χ3v) is 8.65. The Balaban J connectivity index is 1.57. The number of thiophene rings is 1. The van der Waals surface area contributed by atoms with Crippen LogP contribution in [0.2, 0.25) is 0 Å². The summed E-state index contributed by atoms with van der Waals surface area (Å²) in [6.07, 6.45) is 7.50. The molecule has 8 heteroatoms. The van der Waals surface area contributed by atoms with Gasteiger partial charge in [0, 0.05) is 17.5 Å². The summed E-state index contributed by atoms with van der Waals surface area (Å²) in [5.74, 6) is 0.826. The lowest BCUT2D eigenvalue weighted by Crippen LogP contribution is -2.42.